The molecule has 1 aliphatic rings. The largest absolute Gasteiger partial charge is 0.355 e. The van der Waals surface area contributed by atoms with Crippen LogP contribution in [0.25, 0.3) is 0 Å². The first-order chi connectivity index (χ1) is 11.0. The van der Waals surface area contributed by atoms with Crippen LogP contribution in [0.4, 0.5) is 0 Å². The van der Waals surface area contributed by atoms with Crippen LogP contribution < -0.4 is 5.32 Å². The highest BCUT2D eigenvalue weighted by Crippen LogP contribution is 2.42. The average molecular weight is 381 g/mol. The number of nitrogens with zero attached hydrogens (tertiary/aromatic N) is 1. The van der Waals surface area contributed by atoms with Gasteiger partial charge in [0.15, 0.2) is 0 Å². The van der Waals surface area contributed by atoms with E-state index in [1.165, 1.54) is 0 Å². The number of benzene rings is 1. The van der Waals surface area contributed by atoms with Crippen LogP contribution in [0.5, 0.6) is 0 Å². The van der Waals surface area contributed by atoms with Gasteiger partial charge in [0, 0.05) is 17.6 Å². The summed E-state index contributed by atoms with van der Waals surface area (Å²) in [5.41, 5.74) is 0.598. The lowest BCUT2D eigenvalue weighted by atomic mass is 9.77. The number of carbonyl (C=O) groups excluding carboxylic acids is 2. The molecule has 0 unspecified atom stereocenters. The number of hydrogen-bond acceptors (Lipinski definition) is 2. The second-order valence-corrected chi connectivity index (χ2v) is 6.98. The summed E-state index contributed by atoms with van der Waals surface area (Å²) in [5, 5.41) is 2.78. The maximum atomic E-state index is 13.3. The SMILES string of the molecule is CCNC(=O)CN(CC)C(=O)C1(c2ccc(Br)cc2)CCCC1. The highest BCUT2D eigenvalue weighted by molar-refractivity contribution is 9.10. The van der Waals surface area contributed by atoms with Crippen LogP contribution in [0.3, 0.4) is 0 Å². The maximum absolute atomic E-state index is 13.3. The topological polar surface area (TPSA) is 49.4 Å². The molecule has 0 aliphatic heterocycles. The average Bonchev–Trinajstić information content (AvgIpc) is 3.03. The van der Waals surface area contributed by atoms with E-state index in [0.29, 0.717) is 13.1 Å². The molecule has 1 fully saturated rings. The molecule has 0 spiro atoms. The molecule has 2 rings (SSSR count). The minimum absolute atomic E-state index is 0.0890. The molecule has 0 atom stereocenters. The fourth-order valence-electron chi connectivity index (χ4n) is 3.43. The van der Waals surface area contributed by atoms with E-state index in [4.69, 9.17) is 0 Å². The van der Waals surface area contributed by atoms with Crippen LogP contribution in [-0.4, -0.2) is 36.3 Å². The van der Waals surface area contributed by atoms with Crippen LogP contribution >= 0.6 is 15.9 Å². The lowest BCUT2D eigenvalue weighted by Crippen LogP contribution is -2.49. The van der Waals surface area contributed by atoms with Gasteiger partial charge in [-0.2, -0.15) is 0 Å². The van der Waals surface area contributed by atoms with Gasteiger partial charge in [-0.05, 0) is 44.4 Å². The number of halogens is 1. The molecule has 0 saturated heterocycles. The standard InChI is InChI=1S/C18H25BrN2O2/c1-3-20-16(22)13-21(4-2)17(23)18(11-5-6-12-18)14-7-9-15(19)10-8-14/h7-10H,3-6,11-13H2,1-2H3,(H,20,22). The third kappa shape index (κ3) is 3.94. The number of nitrogens with one attached hydrogen (secondary N) is 1. The first kappa shape index (κ1) is 18.0. The molecule has 1 N–H and O–H groups in total. The van der Waals surface area contributed by atoms with Crippen LogP contribution in [0, 0.1) is 0 Å². The highest BCUT2D eigenvalue weighted by atomic mass is 79.9. The molecule has 1 aromatic rings. The summed E-state index contributed by atoms with van der Waals surface area (Å²) < 4.78 is 1.01. The number of likely N-dealkylation sites (N-methyl/N-ethyl adjacent to an activating group) is 2. The summed E-state index contributed by atoms with van der Waals surface area (Å²) in [6.45, 7) is 5.09. The number of hydrogen-bond donors (Lipinski definition) is 1. The minimum atomic E-state index is -0.469. The van der Waals surface area contributed by atoms with Crippen molar-refractivity contribution in [3.05, 3.63) is 34.3 Å². The van der Waals surface area contributed by atoms with Gasteiger partial charge in [-0.1, -0.05) is 40.9 Å². The van der Waals surface area contributed by atoms with Gasteiger partial charge < -0.3 is 10.2 Å². The van der Waals surface area contributed by atoms with E-state index in [1.807, 2.05) is 38.1 Å². The van der Waals surface area contributed by atoms with E-state index >= 15 is 0 Å². The van der Waals surface area contributed by atoms with E-state index < -0.39 is 5.41 Å². The zero-order valence-electron chi connectivity index (χ0n) is 13.9. The van der Waals surface area contributed by atoms with Gasteiger partial charge in [0.05, 0.1) is 12.0 Å². The zero-order valence-corrected chi connectivity index (χ0v) is 15.5. The van der Waals surface area contributed by atoms with Crippen molar-refractivity contribution in [2.24, 2.45) is 0 Å². The predicted molar refractivity (Wildman–Crippen MR) is 95.2 cm³/mol. The molecule has 0 bridgehead atoms. The number of amides is 2. The molecule has 1 saturated carbocycles. The summed E-state index contributed by atoms with van der Waals surface area (Å²) in [4.78, 5) is 26.9. The van der Waals surface area contributed by atoms with Crippen molar-refractivity contribution in [1.82, 2.24) is 10.2 Å². The Balaban J connectivity index is 2.26. The molecule has 0 radical (unpaired) electrons. The summed E-state index contributed by atoms with van der Waals surface area (Å²) in [5.74, 6) is -0.00210. The van der Waals surface area contributed by atoms with Gasteiger partial charge in [0.25, 0.3) is 0 Å². The Morgan fingerprint density at radius 2 is 1.78 bits per heavy atom. The Bertz CT molecular complexity index is 551. The minimum Gasteiger partial charge on any atom is -0.355 e. The van der Waals surface area contributed by atoms with Crippen molar-refractivity contribution in [3.8, 4) is 0 Å². The number of rotatable bonds is 6. The first-order valence-electron chi connectivity index (χ1n) is 8.35. The molecular weight excluding hydrogens is 356 g/mol. The third-order valence-electron chi connectivity index (χ3n) is 4.64. The van der Waals surface area contributed by atoms with Gasteiger partial charge in [0.1, 0.15) is 0 Å². The summed E-state index contributed by atoms with van der Waals surface area (Å²) in [7, 11) is 0. The Labute approximate surface area is 146 Å². The van der Waals surface area contributed by atoms with Crippen LogP contribution in [-0.2, 0) is 15.0 Å². The molecule has 23 heavy (non-hydrogen) atoms. The Kier molecular flexibility index (Phi) is 6.22. The lowest BCUT2D eigenvalue weighted by molar-refractivity contribution is -0.140. The summed E-state index contributed by atoms with van der Waals surface area (Å²) >= 11 is 3.45. The van der Waals surface area contributed by atoms with Gasteiger partial charge >= 0.3 is 0 Å². The van der Waals surface area contributed by atoms with E-state index in [2.05, 4.69) is 21.2 Å². The molecule has 1 aromatic carbocycles. The fourth-order valence-corrected chi connectivity index (χ4v) is 3.69. The second kappa shape index (κ2) is 7.95. The van der Waals surface area contributed by atoms with Crippen molar-refractivity contribution in [2.45, 2.75) is 44.9 Å². The normalized spacial score (nSPS) is 16.1. The van der Waals surface area contributed by atoms with Gasteiger partial charge in [0.2, 0.25) is 11.8 Å². The second-order valence-electron chi connectivity index (χ2n) is 6.07. The van der Waals surface area contributed by atoms with Crippen molar-refractivity contribution >= 4 is 27.7 Å². The lowest BCUT2D eigenvalue weighted by Gasteiger charge is -2.34. The van der Waals surface area contributed by atoms with Crippen LogP contribution in [0.1, 0.15) is 45.1 Å². The molecular formula is C18H25BrN2O2. The van der Waals surface area contributed by atoms with Crippen molar-refractivity contribution < 1.29 is 9.59 Å². The van der Waals surface area contributed by atoms with E-state index in [-0.39, 0.29) is 18.4 Å². The Hall–Kier alpha value is -1.36. The van der Waals surface area contributed by atoms with E-state index in [9.17, 15) is 9.59 Å². The molecule has 0 heterocycles. The van der Waals surface area contributed by atoms with Crippen LogP contribution in [0.2, 0.25) is 0 Å². The number of carbonyl (C=O) groups is 2. The fraction of sp³-hybridized carbons (Fsp3) is 0.556. The van der Waals surface area contributed by atoms with E-state index in [0.717, 1.165) is 35.7 Å². The third-order valence-corrected chi connectivity index (χ3v) is 5.17. The van der Waals surface area contributed by atoms with Crippen molar-refractivity contribution in [3.63, 3.8) is 0 Å². The Morgan fingerprint density at radius 3 is 2.30 bits per heavy atom. The predicted octanol–water partition coefficient (Wildman–Crippen LogP) is 3.25. The van der Waals surface area contributed by atoms with E-state index in [1.54, 1.807) is 4.90 Å². The van der Waals surface area contributed by atoms with Crippen LogP contribution in [0.15, 0.2) is 28.7 Å². The molecule has 126 valence electrons. The molecule has 1 aliphatic carbocycles. The van der Waals surface area contributed by atoms with Gasteiger partial charge in [-0.25, -0.2) is 0 Å². The molecule has 2 amide bonds. The first-order valence-corrected chi connectivity index (χ1v) is 9.15. The summed E-state index contributed by atoms with van der Waals surface area (Å²) in [6.07, 6.45) is 3.83. The van der Waals surface area contributed by atoms with Gasteiger partial charge in [-0.3, -0.25) is 9.59 Å². The Morgan fingerprint density at radius 1 is 1.17 bits per heavy atom. The maximum Gasteiger partial charge on any atom is 0.239 e. The van der Waals surface area contributed by atoms with Gasteiger partial charge in [-0.15, -0.1) is 0 Å². The zero-order chi connectivity index (χ0) is 16.9. The molecule has 0 aromatic heterocycles. The molecule has 4 nitrogen and oxygen atoms in total. The van der Waals surface area contributed by atoms with Crippen molar-refractivity contribution in [2.75, 3.05) is 19.6 Å². The highest BCUT2D eigenvalue weighted by Gasteiger charge is 2.44. The summed E-state index contributed by atoms with van der Waals surface area (Å²) in [6, 6.07) is 8.05. The molecule has 5 heteroatoms. The monoisotopic (exact) mass is 380 g/mol. The smallest absolute Gasteiger partial charge is 0.239 e. The van der Waals surface area contributed by atoms with Crippen molar-refractivity contribution in [1.29, 1.82) is 0 Å². The quantitative estimate of drug-likeness (QED) is 0.823.